The molecule has 0 amide bonds. The molecule has 0 aromatic rings. The quantitative estimate of drug-likeness (QED) is 0.113. The molecule has 6 nitrogen and oxygen atoms in total. The zero-order chi connectivity index (χ0) is 24.3. The van der Waals surface area contributed by atoms with Crippen LogP contribution in [0.25, 0.3) is 0 Å². The minimum Gasteiger partial charge on any atom is -0.376 e. The molecule has 2 unspecified atom stereocenters. The summed E-state index contributed by atoms with van der Waals surface area (Å²) in [5.74, 6) is 0. The van der Waals surface area contributed by atoms with E-state index in [4.69, 9.17) is 28.4 Å². The molecule has 0 saturated carbocycles. The van der Waals surface area contributed by atoms with Crippen LogP contribution < -0.4 is 0 Å². The third-order valence-electron chi connectivity index (χ3n) is 4.44. The second-order valence-electron chi connectivity index (χ2n) is 7.79. The first kappa shape index (κ1) is 32.9. The molecule has 0 radical (unpaired) electrons. The minimum absolute atomic E-state index is 0.114. The van der Waals surface area contributed by atoms with Crippen LogP contribution in [0, 0.1) is 0 Å². The van der Waals surface area contributed by atoms with E-state index in [2.05, 4.69) is 41.5 Å². The zero-order valence-corrected chi connectivity index (χ0v) is 27.5. The molecular weight excluding hydrogens is 481 g/mol. The standard InChI is InChI=1S/C22H50O6S2Si2/c1-7-13-23-19(31)21(25-15-9-3,26-16-10-4)29-30-22(27-17-11-5,28-18-12-6)20(32)24-14-8-2/h19-20H,7-18H2,1-6,31-32H3. The molecule has 0 bridgehead atoms. The van der Waals surface area contributed by atoms with Gasteiger partial charge in [0.15, 0.2) is 0 Å². The van der Waals surface area contributed by atoms with Crippen LogP contribution in [0.4, 0.5) is 0 Å². The number of ether oxygens (including phenoxy) is 6. The predicted octanol–water partition coefficient (Wildman–Crippen LogP) is 3.62. The molecule has 0 N–H and O–H groups in total. The SMILES string of the molecule is CCCOC([SiH3])C(OCCC)(OCCC)SSC(OCCC)(OCCC)C([SiH3])OCCC. The van der Waals surface area contributed by atoms with Crippen molar-refractivity contribution >= 4 is 42.1 Å². The highest BCUT2D eigenvalue weighted by Crippen LogP contribution is 2.50. The Morgan fingerprint density at radius 3 is 0.969 bits per heavy atom. The number of rotatable bonds is 23. The van der Waals surface area contributed by atoms with Gasteiger partial charge < -0.3 is 28.4 Å². The van der Waals surface area contributed by atoms with Crippen molar-refractivity contribution in [1.29, 1.82) is 0 Å². The van der Waals surface area contributed by atoms with Gasteiger partial charge in [-0.1, -0.05) is 41.5 Å². The summed E-state index contributed by atoms with van der Waals surface area (Å²) in [5, 5.41) is -1.78. The second-order valence-corrected chi connectivity index (χ2v) is 12.4. The molecule has 0 aromatic heterocycles. The first-order valence-electron chi connectivity index (χ1n) is 12.6. The summed E-state index contributed by atoms with van der Waals surface area (Å²) in [6.45, 7) is 16.5. The maximum Gasteiger partial charge on any atom is 0.251 e. The third kappa shape index (κ3) is 12.0. The highest BCUT2D eigenvalue weighted by atomic mass is 33.1. The summed E-state index contributed by atoms with van der Waals surface area (Å²) in [7, 11) is 4.68. The molecule has 0 aliphatic rings. The lowest BCUT2D eigenvalue weighted by Gasteiger charge is -2.42. The molecule has 0 heterocycles. The molecule has 0 aromatic carbocycles. The second kappa shape index (κ2) is 20.1. The molecule has 0 aliphatic heterocycles. The van der Waals surface area contributed by atoms with Crippen LogP contribution in [0.2, 0.25) is 0 Å². The monoisotopic (exact) mass is 530 g/mol. The van der Waals surface area contributed by atoms with Crippen molar-refractivity contribution < 1.29 is 28.4 Å². The van der Waals surface area contributed by atoms with Crippen molar-refractivity contribution in [2.24, 2.45) is 0 Å². The van der Waals surface area contributed by atoms with Gasteiger partial charge in [0.2, 0.25) is 0 Å². The van der Waals surface area contributed by atoms with E-state index in [1.165, 1.54) is 0 Å². The van der Waals surface area contributed by atoms with E-state index in [1.807, 2.05) is 0 Å². The van der Waals surface area contributed by atoms with E-state index in [0.717, 1.165) is 59.0 Å². The molecule has 10 heteroatoms. The lowest BCUT2D eigenvalue weighted by Crippen LogP contribution is -2.50. The van der Waals surface area contributed by atoms with Gasteiger partial charge in [0, 0.05) is 33.7 Å². The van der Waals surface area contributed by atoms with Gasteiger partial charge in [0.25, 0.3) is 10.2 Å². The van der Waals surface area contributed by atoms with Gasteiger partial charge >= 0.3 is 0 Å². The van der Waals surface area contributed by atoms with Crippen molar-refractivity contribution in [2.75, 3.05) is 39.6 Å². The van der Waals surface area contributed by atoms with E-state index in [9.17, 15) is 0 Å². The van der Waals surface area contributed by atoms with Crippen LogP contribution >= 0.6 is 21.6 Å². The largest absolute Gasteiger partial charge is 0.376 e. The van der Waals surface area contributed by atoms with Crippen LogP contribution in [-0.2, 0) is 28.4 Å². The van der Waals surface area contributed by atoms with Gasteiger partial charge in [-0.2, -0.15) is 0 Å². The Labute approximate surface area is 211 Å². The summed E-state index contributed by atoms with van der Waals surface area (Å²) in [4.78, 5) is 0. The highest BCUT2D eigenvalue weighted by molar-refractivity contribution is 8.77. The smallest absolute Gasteiger partial charge is 0.251 e. The van der Waals surface area contributed by atoms with Crippen molar-refractivity contribution in [1.82, 2.24) is 0 Å². The normalized spacial score (nSPS) is 14.8. The van der Waals surface area contributed by atoms with Crippen LogP contribution in [0.3, 0.4) is 0 Å². The van der Waals surface area contributed by atoms with Gasteiger partial charge in [-0.3, -0.25) is 0 Å². The van der Waals surface area contributed by atoms with Gasteiger partial charge in [0.05, 0.1) is 26.4 Å². The van der Waals surface area contributed by atoms with Crippen LogP contribution in [0.5, 0.6) is 0 Å². The minimum atomic E-state index is -0.888. The summed E-state index contributed by atoms with van der Waals surface area (Å²) in [6.07, 6.45) is 5.58. The van der Waals surface area contributed by atoms with E-state index in [-0.39, 0.29) is 11.5 Å². The van der Waals surface area contributed by atoms with E-state index >= 15 is 0 Å². The molecular formula is C22H50O6S2Si2. The van der Waals surface area contributed by atoms with Crippen LogP contribution in [0.15, 0.2) is 0 Å². The maximum absolute atomic E-state index is 6.39. The van der Waals surface area contributed by atoms with Crippen LogP contribution in [-0.4, -0.2) is 81.8 Å². The van der Waals surface area contributed by atoms with Gasteiger partial charge in [0.1, 0.15) is 11.5 Å². The van der Waals surface area contributed by atoms with Gasteiger partial charge in [-0.25, -0.2) is 0 Å². The highest BCUT2D eigenvalue weighted by Gasteiger charge is 2.48. The molecule has 0 aliphatic carbocycles. The van der Waals surface area contributed by atoms with E-state index in [0.29, 0.717) is 39.6 Å². The Bertz CT molecular complexity index is 383. The van der Waals surface area contributed by atoms with Crippen molar-refractivity contribution in [3.05, 3.63) is 0 Å². The molecule has 0 spiro atoms. The number of hydrogen-bond donors (Lipinski definition) is 0. The van der Waals surface area contributed by atoms with Crippen molar-refractivity contribution in [3.8, 4) is 0 Å². The Morgan fingerprint density at radius 2 is 0.750 bits per heavy atom. The summed E-state index contributed by atoms with van der Waals surface area (Å²) in [5.41, 5.74) is -0.227. The first-order valence-corrected chi connectivity index (χ1v) is 17.0. The molecule has 32 heavy (non-hydrogen) atoms. The Morgan fingerprint density at radius 1 is 0.500 bits per heavy atom. The molecule has 194 valence electrons. The average Bonchev–Trinajstić information content (AvgIpc) is 2.81. The molecule has 0 fully saturated rings. The van der Waals surface area contributed by atoms with E-state index < -0.39 is 10.2 Å². The fourth-order valence-electron chi connectivity index (χ4n) is 2.67. The molecule has 0 saturated heterocycles. The molecule has 2 atom stereocenters. The fourth-order valence-corrected chi connectivity index (χ4v) is 8.79. The van der Waals surface area contributed by atoms with Crippen molar-refractivity contribution in [3.63, 3.8) is 0 Å². The fraction of sp³-hybridized carbons (Fsp3) is 1.00. The van der Waals surface area contributed by atoms with Gasteiger partial charge in [-0.05, 0) is 60.1 Å². The first-order chi connectivity index (χ1) is 15.4. The Hall–Kier alpha value is 0.894. The summed E-state index contributed by atoms with van der Waals surface area (Å²) in [6, 6.07) is 0. The molecule has 0 rings (SSSR count). The number of hydrogen-bond acceptors (Lipinski definition) is 8. The summed E-state index contributed by atoms with van der Waals surface area (Å²) < 4.78 is 37.9. The summed E-state index contributed by atoms with van der Waals surface area (Å²) >= 11 is 0. The van der Waals surface area contributed by atoms with Gasteiger partial charge in [-0.15, -0.1) is 0 Å². The predicted molar refractivity (Wildman–Crippen MR) is 146 cm³/mol. The van der Waals surface area contributed by atoms with Crippen LogP contribution in [0.1, 0.15) is 80.1 Å². The maximum atomic E-state index is 6.39. The third-order valence-corrected chi connectivity index (χ3v) is 10.8. The van der Waals surface area contributed by atoms with Crippen molar-refractivity contribution in [2.45, 2.75) is 102 Å². The lowest BCUT2D eigenvalue weighted by atomic mass is 10.5. The Kier molecular flexibility index (Phi) is 20.7. The zero-order valence-electron chi connectivity index (χ0n) is 21.9. The van der Waals surface area contributed by atoms with E-state index in [1.54, 1.807) is 21.6 Å². The Balaban J connectivity index is 5.91. The average molecular weight is 531 g/mol. The topological polar surface area (TPSA) is 55.4 Å². The lowest BCUT2D eigenvalue weighted by molar-refractivity contribution is -0.215.